The summed E-state index contributed by atoms with van der Waals surface area (Å²) in [6.45, 7) is 5.27. The fourth-order valence-corrected chi connectivity index (χ4v) is 2.90. The molecule has 0 aromatic heterocycles. The number of aliphatic hydroxyl groups is 1. The van der Waals surface area contributed by atoms with Crippen LogP contribution >= 0.6 is 0 Å². The van der Waals surface area contributed by atoms with Crippen molar-refractivity contribution >= 4 is 5.91 Å². The van der Waals surface area contributed by atoms with Gasteiger partial charge in [0.2, 0.25) is 5.91 Å². The molecule has 0 radical (unpaired) electrons. The molecule has 2 rings (SSSR count). The van der Waals surface area contributed by atoms with Crippen LogP contribution in [0.2, 0.25) is 0 Å². The normalized spacial score (nSPS) is 25.7. The summed E-state index contributed by atoms with van der Waals surface area (Å²) in [4.78, 5) is 16.4. The van der Waals surface area contributed by atoms with E-state index in [1.165, 1.54) is 25.9 Å². The maximum Gasteiger partial charge on any atom is 0.223 e. The number of nitrogens with zero attached hydrogens (tertiary/aromatic N) is 2. The molecule has 98 valence electrons. The Balaban J connectivity index is 1.66. The fourth-order valence-electron chi connectivity index (χ4n) is 2.90. The minimum Gasteiger partial charge on any atom is -0.396 e. The molecule has 0 aromatic carbocycles. The largest absolute Gasteiger partial charge is 0.396 e. The molecule has 0 saturated carbocycles. The molecule has 4 nitrogen and oxygen atoms in total. The average molecular weight is 240 g/mol. The van der Waals surface area contributed by atoms with Gasteiger partial charge < -0.3 is 14.9 Å². The second kappa shape index (κ2) is 6.36. The third-order valence-corrected chi connectivity index (χ3v) is 4.02. The highest BCUT2D eigenvalue weighted by molar-refractivity contribution is 5.76. The van der Waals surface area contributed by atoms with Gasteiger partial charge in [-0.15, -0.1) is 0 Å². The molecule has 1 amide bonds. The molecule has 2 aliphatic heterocycles. The van der Waals surface area contributed by atoms with Gasteiger partial charge in [0.05, 0.1) is 0 Å². The molecule has 1 unspecified atom stereocenters. The Morgan fingerprint density at radius 3 is 2.71 bits per heavy atom. The van der Waals surface area contributed by atoms with Crippen molar-refractivity contribution in [1.82, 2.24) is 9.80 Å². The van der Waals surface area contributed by atoms with E-state index >= 15 is 0 Å². The van der Waals surface area contributed by atoms with Gasteiger partial charge in [0.15, 0.2) is 0 Å². The number of hydrogen-bond donors (Lipinski definition) is 1. The summed E-state index contributed by atoms with van der Waals surface area (Å²) < 4.78 is 0. The number of hydrogen-bond acceptors (Lipinski definition) is 3. The van der Waals surface area contributed by atoms with E-state index in [4.69, 9.17) is 5.11 Å². The summed E-state index contributed by atoms with van der Waals surface area (Å²) in [5.74, 6) is 0.827. The summed E-state index contributed by atoms with van der Waals surface area (Å²) >= 11 is 0. The van der Waals surface area contributed by atoms with Gasteiger partial charge in [-0.1, -0.05) is 0 Å². The predicted octanol–water partition coefficient (Wildman–Crippen LogP) is 0.703. The van der Waals surface area contributed by atoms with Crippen LogP contribution in [-0.4, -0.2) is 60.1 Å². The molecular formula is C13H24N2O2. The zero-order valence-corrected chi connectivity index (χ0v) is 10.6. The highest BCUT2D eigenvalue weighted by atomic mass is 16.3. The molecule has 17 heavy (non-hydrogen) atoms. The molecule has 2 fully saturated rings. The average Bonchev–Trinajstić information content (AvgIpc) is 2.97. The third-order valence-electron chi connectivity index (χ3n) is 4.02. The van der Waals surface area contributed by atoms with Crippen molar-refractivity contribution in [2.45, 2.75) is 32.1 Å². The first-order chi connectivity index (χ1) is 8.29. The van der Waals surface area contributed by atoms with E-state index in [9.17, 15) is 4.79 Å². The van der Waals surface area contributed by atoms with E-state index in [0.29, 0.717) is 18.2 Å². The van der Waals surface area contributed by atoms with Crippen molar-refractivity contribution in [2.24, 2.45) is 5.92 Å². The first-order valence-electron chi connectivity index (χ1n) is 6.90. The highest BCUT2D eigenvalue weighted by Gasteiger charge is 2.25. The van der Waals surface area contributed by atoms with Gasteiger partial charge in [-0.3, -0.25) is 4.79 Å². The van der Waals surface area contributed by atoms with Gasteiger partial charge in [-0.2, -0.15) is 0 Å². The minimum absolute atomic E-state index is 0.250. The first-order valence-corrected chi connectivity index (χ1v) is 6.90. The molecule has 0 spiro atoms. The van der Waals surface area contributed by atoms with Crippen molar-refractivity contribution in [2.75, 3.05) is 39.3 Å². The number of aliphatic hydroxyl groups excluding tert-OH is 1. The lowest BCUT2D eigenvalue weighted by atomic mass is 10.1. The summed E-state index contributed by atoms with van der Waals surface area (Å²) in [6.07, 6.45) is 5.16. The van der Waals surface area contributed by atoms with Crippen LogP contribution in [0.15, 0.2) is 0 Å². The molecule has 2 heterocycles. The van der Waals surface area contributed by atoms with Crippen LogP contribution in [-0.2, 0) is 4.79 Å². The summed E-state index contributed by atoms with van der Waals surface area (Å²) in [5.41, 5.74) is 0. The van der Waals surface area contributed by atoms with Crippen LogP contribution in [0.1, 0.15) is 32.1 Å². The third kappa shape index (κ3) is 3.68. The van der Waals surface area contributed by atoms with Crippen LogP contribution in [0, 0.1) is 5.92 Å². The van der Waals surface area contributed by atoms with Crippen molar-refractivity contribution in [3.63, 3.8) is 0 Å². The van der Waals surface area contributed by atoms with E-state index in [1.54, 1.807) is 0 Å². The Kier molecular flexibility index (Phi) is 4.80. The Labute approximate surface area is 104 Å². The molecule has 0 bridgehead atoms. The Bertz CT molecular complexity index is 252. The summed E-state index contributed by atoms with van der Waals surface area (Å²) in [5, 5.41) is 8.89. The van der Waals surface area contributed by atoms with Gasteiger partial charge in [0.25, 0.3) is 0 Å². The topological polar surface area (TPSA) is 43.8 Å². The Hall–Kier alpha value is -0.610. The Morgan fingerprint density at radius 2 is 2.00 bits per heavy atom. The lowest BCUT2D eigenvalue weighted by Crippen LogP contribution is -2.32. The second-order valence-electron chi connectivity index (χ2n) is 5.31. The zero-order valence-electron chi connectivity index (χ0n) is 10.6. The van der Waals surface area contributed by atoms with E-state index in [0.717, 1.165) is 32.5 Å². The van der Waals surface area contributed by atoms with E-state index in [1.807, 2.05) is 4.90 Å². The zero-order chi connectivity index (χ0) is 12.1. The molecule has 2 aliphatic rings. The van der Waals surface area contributed by atoms with Crippen LogP contribution in [0.5, 0.6) is 0 Å². The molecule has 0 aliphatic carbocycles. The quantitative estimate of drug-likeness (QED) is 0.769. The van der Waals surface area contributed by atoms with E-state index in [-0.39, 0.29) is 6.61 Å². The number of amides is 1. The van der Waals surface area contributed by atoms with Crippen LogP contribution < -0.4 is 0 Å². The lowest BCUT2D eigenvalue weighted by Gasteiger charge is -2.19. The van der Waals surface area contributed by atoms with Gasteiger partial charge in [0, 0.05) is 32.7 Å². The molecular weight excluding hydrogens is 216 g/mol. The van der Waals surface area contributed by atoms with Gasteiger partial charge in [0.1, 0.15) is 0 Å². The summed E-state index contributed by atoms with van der Waals surface area (Å²) in [7, 11) is 0. The van der Waals surface area contributed by atoms with Crippen molar-refractivity contribution in [3.8, 4) is 0 Å². The van der Waals surface area contributed by atoms with Gasteiger partial charge in [-0.05, 0) is 44.7 Å². The second-order valence-corrected chi connectivity index (χ2v) is 5.31. The van der Waals surface area contributed by atoms with Crippen molar-refractivity contribution in [1.29, 1.82) is 0 Å². The molecule has 4 heteroatoms. The SMILES string of the molecule is O=C(CCN1CCCC1)N1CCC(CCO)C1. The van der Waals surface area contributed by atoms with Crippen LogP contribution in [0.25, 0.3) is 0 Å². The van der Waals surface area contributed by atoms with Gasteiger partial charge in [-0.25, -0.2) is 0 Å². The number of rotatable bonds is 5. The van der Waals surface area contributed by atoms with E-state index in [2.05, 4.69) is 4.90 Å². The fraction of sp³-hybridized carbons (Fsp3) is 0.923. The lowest BCUT2D eigenvalue weighted by molar-refractivity contribution is -0.130. The number of carbonyl (C=O) groups is 1. The molecule has 1 N–H and O–H groups in total. The first kappa shape index (κ1) is 12.8. The highest BCUT2D eigenvalue weighted by Crippen LogP contribution is 2.20. The van der Waals surface area contributed by atoms with Crippen molar-refractivity contribution < 1.29 is 9.90 Å². The van der Waals surface area contributed by atoms with Crippen molar-refractivity contribution in [3.05, 3.63) is 0 Å². The number of likely N-dealkylation sites (tertiary alicyclic amines) is 2. The molecule has 1 atom stereocenters. The monoisotopic (exact) mass is 240 g/mol. The predicted molar refractivity (Wildman–Crippen MR) is 66.7 cm³/mol. The maximum atomic E-state index is 12.0. The minimum atomic E-state index is 0.250. The standard InChI is InChI=1S/C13H24N2O2/c16-10-5-12-3-9-15(11-12)13(17)4-8-14-6-1-2-7-14/h12,16H,1-11H2. The summed E-state index contributed by atoms with van der Waals surface area (Å²) in [6, 6.07) is 0. The van der Waals surface area contributed by atoms with Crippen LogP contribution in [0.3, 0.4) is 0 Å². The smallest absolute Gasteiger partial charge is 0.223 e. The maximum absolute atomic E-state index is 12.0. The van der Waals surface area contributed by atoms with Crippen LogP contribution in [0.4, 0.5) is 0 Å². The van der Waals surface area contributed by atoms with E-state index < -0.39 is 0 Å². The Morgan fingerprint density at radius 1 is 1.24 bits per heavy atom. The number of carbonyl (C=O) groups excluding carboxylic acids is 1. The molecule has 2 saturated heterocycles. The van der Waals surface area contributed by atoms with Gasteiger partial charge >= 0.3 is 0 Å². The molecule has 0 aromatic rings.